The lowest BCUT2D eigenvalue weighted by Gasteiger charge is -2.36. The molecule has 4 rings (SSSR count). The van der Waals surface area contributed by atoms with Crippen LogP contribution in [-0.2, 0) is 6.54 Å². The van der Waals surface area contributed by atoms with Gasteiger partial charge in [0, 0.05) is 38.3 Å². The summed E-state index contributed by atoms with van der Waals surface area (Å²) in [6, 6.07) is 12.0. The van der Waals surface area contributed by atoms with Gasteiger partial charge in [-0.1, -0.05) is 58.2 Å². The lowest BCUT2D eigenvalue weighted by Crippen LogP contribution is -2.46. The second-order valence-electron chi connectivity index (χ2n) is 7.43. The minimum absolute atomic E-state index is 0.0775. The average Bonchev–Trinajstić information content (AvgIpc) is 3.18. The van der Waals surface area contributed by atoms with E-state index in [4.69, 9.17) is 27.7 Å². The maximum atomic E-state index is 6.01. The van der Waals surface area contributed by atoms with Crippen LogP contribution in [0, 0.1) is 6.92 Å². The minimum Gasteiger partial charge on any atom is -0.337 e. The van der Waals surface area contributed by atoms with Gasteiger partial charge in [0.15, 0.2) is 0 Å². The van der Waals surface area contributed by atoms with Crippen molar-refractivity contribution < 1.29 is 4.52 Å². The van der Waals surface area contributed by atoms with E-state index >= 15 is 0 Å². The SMILES string of the molecule is Cc1ccc(-c2noc(C(C)N3CCN(Cc4cc(Cl)nc(Cl)c4)CC3)n2)cc1. The summed E-state index contributed by atoms with van der Waals surface area (Å²) >= 11 is 12.0. The highest BCUT2D eigenvalue weighted by atomic mass is 35.5. The van der Waals surface area contributed by atoms with Gasteiger partial charge in [0.05, 0.1) is 6.04 Å². The van der Waals surface area contributed by atoms with E-state index in [-0.39, 0.29) is 6.04 Å². The fourth-order valence-electron chi connectivity index (χ4n) is 3.55. The third kappa shape index (κ3) is 4.95. The van der Waals surface area contributed by atoms with Crippen LogP contribution in [0.3, 0.4) is 0 Å². The summed E-state index contributed by atoms with van der Waals surface area (Å²) in [4.78, 5) is 13.4. The Balaban J connectivity index is 1.35. The second-order valence-corrected chi connectivity index (χ2v) is 8.21. The fraction of sp³-hybridized carbons (Fsp3) is 0.381. The third-order valence-electron chi connectivity index (χ3n) is 5.29. The van der Waals surface area contributed by atoms with Gasteiger partial charge >= 0.3 is 0 Å². The molecule has 0 spiro atoms. The zero-order valence-corrected chi connectivity index (χ0v) is 18.0. The van der Waals surface area contributed by atoms with Crippen molar-refractivity contribution in [2.45, 2.75) is 26.4 Å². The van der Waals surface area contributed by atoms with Crippen LogP contribution in [0.2, 0.25) is 10.3 Å². The zero-order valence-electron chi connectivity index (χ0n) is 16.5. The normalized spacial score (nSPS) is 16.8. The first-order valence-corrected chi connectivity index (χ1v) is 10.4. The summed E-state index contributed by atoms with van der Waals surface area (Å²) in [7, 11) is 0. The Hall–Kier alpha value is -1.99. The number of benzene rings is 1. The molecule has 1 aliphatic rings. The van der Waals surface area contributed by atoms with Gasteiger partial charge in [-0.3, -0.25) is 9.80 Å². The number of pyridine rings is 1. The van der Waals surface area contributed by atoms with Crippen LogP contribution in [-0.4, -0.2) is 51.1 Å². The lowest BCUT2D eigenvalue weighted by molar-refractivity contribution is 0.0845. The highest BCUT2D eigenvalue weighted by molar-refractivity contribution is 6.32. The quantitative estimate of drug-likeness (QED) is 0.549. The van der Waals surface area contributed by atoms with E-state index < -0.39 is 0 Å². The van der Waals surface area contributed by atoms with Crippen LogP contribution in [0.5, 0.6) is 0 Å². The molecule has 1 aliphatic heterocycles. The number of aryl methyl sites for hydroxylation is 1. The number of halogens is 2. The van der Waals surface area contributed by atoms with Gasteiger partial charge in [0.2, 0.25) is 11.7 Å². The molecule has 1 aromatic carbocycles. The van der Waals surface area contributed by atoms with E-state index in [1.165, 1.54) is 5.56 Å². The number of hydrogen-bond acceptors (Lipinski definition) is 6. The van der Waals surface area contributed by atoms with Crippen molar-refractivity contribution in [3.05, 3.63) is 63.7 Å². The molecule has 1 unspecified atom stereocenters. The predicted molar refractivity (Wildman–Crippen MR) is 114 cm³/mol. The molecule has 6 nitrogen and oxygen atoms in total. The van der Waals surface area contributed by atoms with Crippen LogP contribution in [0.15, 0.2) is 40.9 Å². The van der Waals surface area contributed by atoms with Gasteiger partial charge in [-0.15, -0.1) is 0 Å². The molecule has 2 aromatic heterocycles. The lowest BCUT2D eigenvalue weighted by atomic mass is 10.1. The Bertz CT molecular complexity index is 947. The average molecular weight is 432 g/mol. The maximum absolute atomic E-state index is 6.01. The van der Waals surface area contributed by atoms with Crippen LogP contribution < -0.4 is 0 Å². The molecular weight excluding hydrogens is 409 g/mol. The molecule has 3 aromatic rings. The van der Waals surface area contributed by atoms with Crippen LogP contribution in [0.1, 0.15) is 30.0 Å². The van der Waals surface area contributed by atoms with Crippen molar-refractivity contribution in [1.29, 1.82) is 0 Å². The standard InChI is InChI=1S/C21H23Cl2N5O/c1-14-3-5-17(6-4-14)20-25-21(29-26-20)15(2)28-9-7-27(8-10-28)13-16-11-18(22)24-19(23)12-16/h3-6,11-12,15H,7-10,13H2,1-2H3. The van der Waals surface area contributed by atoms with Gasteiger partial charge < -0.3 is 4.52 Å². The van der Waals surface area contributed by atoms with Crippen molar-refractivity contribution >= 4 is 23.2 Å². The van der Waals surface area contributed by atoms with E-state index in [2.05, 4.69) is 50.9 Å². The first-order chi connectivity index (χ1) is 14.0. The van der Waals surface area contributed by atoms with E-state index in [1.807, 2.05) is 24.3 Å². The number of aromatic nitrogens is 3. The van der Waals surface area contributed by atoms with E-state index in [0.29, 0.717) is 22.0 Å². The number of nitrogens with zero attached hydrogens (tertiary/aromatic N) is 5. The highest BCUT2D eigenvalue weighted by Gasteiger charge is 2.26. The van der Waals surface area contributed by atoms with E-state index in [9.17, 15) is 0 Å². The molecule has 29 heavy (non-hydrogen) atoms. The molecule has 0 radical (unpaired) electrons. The first-order valence-electron chi connectivity index (χ1n) is 9.67. The Morgan fingerprint density at radius 1 is 1.00 bits per heavy atom. The maximum Gasteiger partial charge on any atom is 0.244 e. The summed E-state index contributed by atoms with van der Waals surface area (Å²) in [6.07, 6.45) is 0. The molecule has 0 bridgehead atoms. The Morgan fingerprint density at radius 2 is 1.66 bits per heavy atom. The highest BCUT2D eigenvalue weighted by Crippen LogP contribution is 2.24. The molecule has 8 heteroatoms. The minimum atomic E-state index is 0.0775. The van der Waals surface area contributed by atoms with Crippen LogP contribution in [0.4, 0.5) is 0 Å². The summed E-state index contributed by atoms with van der Waals surface area (Å²) < 4.78 is 5.56. The van der Waals surface area contributed by atoms with Gasteiger partial charge in [0.1, 0.15) is 10.3 Å². The summed E-state index contributed by atoms with van der Waals surface area (Å²) in [5.41, 5.74) is 3.26. The Kier molecular flexibility index (Phi) is 6.15. The molecule has 0 aliphatic carbocycles. The summed E-state index contributed by atoms with van der Waals surface area (Å²) in [5, 5.41) is 5.03. The van der Waals surface area contributed by atoms with Crippen molar-refractivity contribution in [2.24, 2.45) is 0 Å². The van der Waals surface area contributed by atoms with Crippen molar-refractivity contribution in [3.63, 3.8) is 0 Å². The molecule has 1 saturated heterocycles. The van der Waals surface area contributed by atoms with Crippen LogP contribution >= 0.6 is 23.2 Å². The van der Waals surface area contributed by atoms with E-state index in [1.54, 1.807) is 0 Å². The smallest absolute Gasteiger partial charge is 0.244 e. The van der Waals surface area contributed by atoms with Gasteiger partial charge in [-0.05, 0) is 31.5 Å². The topological polar surface area (TPSA) is 58.3 Å². The molecular formula is C21H23Cl2N5O. The summed E-state index contributed by atoms with van der Waals surface area (Å²) in [5.74, 6) is 1.29. The van der Waals surface area contributed by atoms with Gasteiger partial charge in [-0.2, -0.15) is 4.98 Å². The molecule has 3 heterocycles. The second kappa shape index (κ2) is 8.79. The monoisotopic (exact) mass is 431 g/mol. The molecule has 152 valence electrons. The molecule has 0 amide bonds. The van der Waals surface area contributed by atoms with Crippen LogP contribution in [0.25, 0.3) is 11.4 Å². The van der Waals surface area contributed by atoms with Crippen molar-refractivity contribution in [2.75, 3.05) is 26.2 Å². The molecule has 1 atom stereocenters. The molecule has 0 saturated carbocycles. The third-order valence-corrected chi connectivity index (χ3v) is 5.68. The Labute approximate surface area is 180 Å². The Morgan fingerprint density at radius 3 is 2.31 bits per heavy atom. The predicted octanol–water partition coefficient (Wildman–Crippen LogP) is 4.63. The van der Waals surface area contributed by atoms with Gasteiger partial charge in [0.25, 0.3) is 0 Å². The van der Waals surface area contributed by atoms with Crippen molar-refractivity contribution in [3.8, 4) is 11.4 Å². The largest absolute Gasteiger partial charge is 0.337 e. The molecule has 1 fully saturated rings. The summed E-state index contributed by atoms with van der Waals surface area (Å²) in [6.45, 7) is 8.73. The molecule has 0 N–H and O–H groups in total. The number of rotatable bonds is 5. The zero-order chi connectivity index (χ0) is 20.4. The van der Waals surface area contributed by atoms with E-state index in [0.717, 1.165) is 43.9 Å². The van der Waals surface area contributed by atoms with Gasteiger partial charge in [-0.25, -0.2) is 4.98 Å². The van der Waals surface area contributed by atoms with Crippen molar-refractivity contribution in [1.82, 2.24) is 24.9 Å². The number of hydrogen-bond donors (Lipinski definition) is 0. The fourth-order valence-corrected chi connectivity index (χ4v) is 4.06. The number of piperazine rings is 1. The first kappa shape index (κ1) is 20.3.